The number of rotatable bonds is 0. The van der Waals surface area contributed by atoms with Crippen LogP contribution in [0.25, 0.3) is 21.5 Å². The van der Waals surface area contributed by atoms with Gasteiger partial charge in [-0.3, -0.25) is 0 Å². The van der Waals surface area contributed by atoms with Crippen LogP contribution in [0.4, 0.5) is 0 Å². The van der Waals surface area contributed by atoms with E-state index in [2.05, 4.69) is 60.7 Å². The number of hydrogen-bond acceptors (Lipinski definition) is 0. The predicted molar refractivity (Wildman–Crippen MR) is 90.6 cm³/mol. The van der Waals surface area contributed by atoms with Gasteiger partial charge in [0.25, 0.3) is 0 Å². The smallest absolute Gasteiger partial charge is 0.110 e. The minimum atomic E-state index is -2.72. The molecular weight excluding hydrogens is 338 g/mol. The molecule has 0 unspecified atom stereocenters. The molecule has 0 fully saturated rings. The molecule has 0 spiro atoms. The van der Waals surface area contributed by atoms with Crippen LogP contribution in [0.3, 0.4) is 0 Å². The summed E-state index contributed by atoms with van der Waals surface area (Å²) in [5, 5.41) is 2.52. The maximum atomic E-state index is 4.97. The number of hydrogen-bond donors (Lipinski definition) is 0. The first kappa shape index (κ1) is 15.0. The maximum Gasteiger partial charge on any atom is 0.440 e. The highest BCUT2D eigenvalue weighted by atomic mass is 36.0. The van der Waals surface area contributed by atoms with Gasteiger partial charge in [0.15, 0.2) is 0 Å². The SMILES string of the molecule is Cl[Si](Cl)(Cl)Cl.c1ccc2cc3ccccc3cc2c1. The molecule has 0 N–H and O–H groups in total. The molecule has 0 aromatic heterocycles. The first-order valence-electron chi connectivity index (χ1n) is 5.57. The van der Waals surface area contributed by atoms with Crippen molar-refractivity contribution in [3.8, 4) is 0 Å². The van der Waals surface area contributed by atoms with Crippen LogP contribution < -0.4 is 0 Å². The highest BCUT2D eigenvalue weighted by molar-refractivity contribution is 7.81. The Hall–Kier alpha value is -0.443. The lowest BCUT2D eigenvalue weighted by atomic mass is 10.0. The third kappa shape index (κ3) is 4.86. The second kappa shape index (κ2) is 6.34. The average molecular weight is 348 g/mol. The normalized spacial score (nSPS) is 11.2. The number of fused-ring (bicyclic) bond motifs is 2. The lowest BCUT2D eigenvalue weighted by Crippen LogP contribution is -1.91. The third-order valence-corrected chi connectivity index (χ3v) is 2.61. The van der Waals surface area contributed by atoms with E-state index in [-0.39, 0.29) is 0 Å². The van der Waals surface area contributed by atoms with Crippen LogP contribution in [0, 0.1) is 0 Å². The Balaban J connectivity index is 0.000000232. The molecule has 0 radical (unpaired) electrons. The highest BCUT2D eigenvalue weighted by Gasteiger charge is 2.19. The number of benzene rings is 3. The van der Waals surface area contributed by atoms with Crippen molar-refractivity contribution < 1.29 is 0 Å². The van der Waals surface area contributed by atoms with E-state index in [0.717, 1.165) is 0 Å². The van der Waals surface area contributed by atoms with Gasteiger partial charge in [-0.2, -0.15) is 0 Å². The van der Waals surface area contributed by atoms with Crippen molar-refractivity contribution in [1.82, 2.24) is 0 Å². The van der Waals surface area contributed by atoms with Gasteiger partial charge in [0.2, 0.25) is 0 Å². The van der Waals surface area contributed by atoms with Gasteiger partial charge in [0.05, 0.1) is 0 Å². The minimum Gasteiger partial charge on any atom is -0.110 e. The van der Waals surface area contributed by atoms with Gasteiger partial charge in [-0.15, -0.1) is 44.3 Å². The summed E-state index contributed by atoms with van der Waals surface area (Å²) in [4.78, 5) is 0. The fourth-order valence-corrected chi connectivity index (χ4v) is 1.88. The summed E-state index contributed by atoms with van der Waals surface area (Å²) in [7, 11) is 0. The molecule has 0 saturated heterocycles. The van der Waals surface area contributed by atoms with E-state index in [0.29, 0.717) is 0 Å². The molecule has 0 aliphatic carbocycles. The van der Waals surface area contributed by atoms with E-state index in [1.165, 1.54) is 21.5 Å². The molecule has 19 heavy (non-hydrogen) atoms. The van der Waals surface area contributed by atoms with E-state index in [4.69, 9.17) is 44.3 Å². The van der Waals surface area contributed by atoms with Crippen molar-refractivity contribution in [3.63, 3.8) is 0 Å². The van der Waals surface area contributed by atoms with Crippen molar-refractivity contribution >= 4 is 71.2 Å². The lowest BCUT2D eigenvalue weighted by molar-refractivity contribution is 1.76. The summed E-state index contributed by atoms with van der Waals surface area (Å²) in [6, 6.07) is 21.4. The van der Waals surface area contributed by atoms with Crippen LogP contribution in [0.1, 0.15) is 0 Å². The molecule has 5 heteroatoms. The average Bonchev–Trinajstić information content (AvgIpc) is 2.34. The summed E-state index contributed by atoms with van der Waals surface area (Å²) in [5.74, 6) is 0. The van der Waals surface area contributed by atoms with Crippen LogP contribution in [0.2, 0.25) is 0 Å². The van der Waals surface area contributed by atoms with E-state index in [9.17, 15) is 0 Å². The van der Waals surface area contributed by atoms with Crippen molar-refractivity contribution in [1.29, 1.82) is 0 Å². The number of halogens is 4. The Bertz CT molecular complexity index is 580. The molecule has 3 rings (SSSR count). The van der Waals surface area contributed by atoms with Gasteiger partial charge < -0.3 is 0 Å². The monoisotopic (exact) mass is 346 g/mol. The summed E-state index contributed by atoms with van der Waals surface area (Å²) in [6.07, 6.45) is 0. The Morgan fingerprint density at radius 3 is 0.947 bits per heavy atom. The molecular formula is C14H10Cl4Si. The van der Waals surface area contributed by atoms with Gasteiger partial charge in [0.1, 0.15) is 0 Å². The molecule has 0 bridgehead atoms. The molecule has 0 nitrogen and oxygen atoms in total. The first-order valence-corrected chi connectivity index (χ1v) is 11.6. The van der Waals surface area contributed by atoms with Gasteiger partial charge in [-0.05, 0) is 33.7 Å². The van der Waals surface area contributed by atoms with Gasteiger partial charge in [-0.1, -0.05) is 48.5 Å². The van der Waals surface area contributed by atoms with Crippen molar-refractivity contribution in [2.45, 2.75) is 0 Å². The summed E-state index contributed by atoms with van der Waals surface area (Å²) >= 11 is 19.9. The fourth-order valence-electron chi connectivity index (χ4n) is 1.88. The van der Waals surface area contributed by atoms with Gasteiger partial charge in [-0.25, -0.2) is 0 Å². The predicted octanol–water partition coefficient (Wildman–Crippen LogP) is 6.37. The van der Waals surface area contributed by atoms with Gasteiger partial charge in [0, 0.05) is 0 Å². The standard InChI is InChI=1S/C14H10.Cl4Si/c1-2-6-12-10-14-8-4-3-7-13(14)9-11(12)5-1;1-5(2,3)4/h1-10H;. The zero-order valence-electron chi connectivity index (χ0n) is 9.79. The molecule has 0 atom stereocenters. The van der Waals surface area contributed by atoms with Gasteiger partial charge >= 0.3 is 5.31 Å². The molecule has 0 amide bonds. The van der Waals surface area contributed by atoms with E-state index >= 15 is 0 Å². The van der Waals surface area contributed by atoms with E-state index in [1.807, 2.05) is 0 Å². The van der Waals surface area contributed by atoms with Crippen LogP contribution in [-0.2, 0) is 0 Å². The Morgan fingerprint density at radius 1 is 0.526 bits per heavy atom. The second-order valence-electron chi connectivity index (χ2n) is 3.98. The molecule has 98 valence electrons. The molecule has 0 aliphatic heterocycles. The molecule has 0 aliphatic rings. The zero-order valence-corrected chi connectivity index (χ0v) is 13.8. The summed E-state index contributed by atoms with van der Waals surface area (Å²) < 4.78 is 0. The third-order valence-electron chi connectivity index (χ3n) is 2.61. The summed E-state index contributed by atoms with van der Waals surface area (Å²) in [6.45, 7) is 0. The van der Waals surface area contributed by atoms with Crippen molar-refractivity contribution in [3.05, 3.63) is 60.7 Å². The first-order chi connectivity index (χ1) is 8.93. The zero-order chi connectivity index (χ0) is 13.9. The Labute approximate surface area is 131 Å². The highest BCUT2D eigenvalue weighted by Crippen LogP contribution is 2.23. The van der Waals surface area contributed by atoms with Crippen LogP contribution in [0.5, 0.6) is 0 Å². The maximum absolute atomic E-state index is 4.97. The fraction of sp³-hybridized carbons (Fsp3) is 0. The lowest BCUT2D eigenvalue weighted by Gasteiger charge is -2.00. The van der Waals surface area contributed by atoms with Crippen LogP contribution in [0.15, 0.2) is 60.7 Å². The molecule has 3 aromatic carbocycles. The van der Waals surface area contributed by atoms with Crippen molar-refractivity contribution in [2.75, 3.05) is 0 Å². The quantitative estimate of drug-likeness (QED) is 0.252. The summed E-state index contributed by atoms with van der Waals surface area (Å²) in [5.41, 5.74) is 0. The van der Waals surface area contributed by atoms with E-state index < -0.39 is 5.31 Å². The molecule has 0 saturated carbocycles. The Kier molecular flexibility index (Phi) is 4.99. The Morgan fingerprint density at radius 2 is 0.737 bits per heavy atom. The molecule has 3 aromatic rings. The van der Waals surface area contributed by atoms with E-state index in [1.54, 1.807) is 0 Å². The minimum absolute atomic E-state index is 1.31. The van der Waals surface area contributed by atoms with Crippen LogP contribution >= 0.6 is 44.3 Å². The van der Waals surface area contributed by atoms with Crippen LogP contribution in [-0.4, -0.2) is 5.31 Å². The topological polar surface area (TPSA) is 0 Å². The van der Waals surface area contributed by atoms with Crippen molar-refractivity contribution in [2.24, 2.45) is 0 Å². The largest absolute Gasteiger partial charge is 0.440 e. The molecule has 0 heterocycles. The second-order valence-corrected chi connectivity index (χ2v) is 15.1.